The molecule has 1 radical (unpaired) electrons. The van der Waals surface area contributed by atoms with E-state index in [1.54, 1.807) is 17.5 Å². The molecule has 0 spiro atoms. The first-order valence-corrected chi connectivity index (χ1v) is 5.61. The van der Waals surface area contributed by atoms with E-state index in [9.17, 15) is 0 Å². The summed E-state index contributed by atoms with van der Waals surface area (Å²) in [7, 11) is 0. The van der Waals surface area contributed by atoms with E-state index in [1.807, 2.05) is 18.3 Å². The Balaban J connectivity index is 2.19. The third-order valence-corrected chi connectivity index (χ3v) is 3.22. The summed E-state index contributed by atoms with van der Waals surface area (Å²) in [5.74, 6) is 0. The second-order valence-electron chi connectivity index (χ2n) is 3.34. The predicted octanol–water partition coefficient (Wildman–Crippen LogP) is 3.76. The van der Waals surface area contributed by atoms with Crippen LogP contribution in [0.15, 0.2) is 48.1 Å². The molecule has 0 amide bonds. The summed E-state index contributed by atoms with van der Waals surface area (Å²) in [4.78, 5) is 4.12. The normalized spacial score (nSPS) is 10.7. The van der Waals surface area contributed by atoms with E-state index >= 15 is 0 Å². The minimum atomic E-state index is 1.14. The van der Waals surface area contributed by atoms with Gasteiger partial charge in [-0.15, -0.1) is 11.3 Å². The molecular formula is C13H8NS. The summed E-state index contributed by atoms with van der Waals surface area (Å²) in [6.07, 6.45) is 3.66. The number of hydrogen-bond acceptors (Lipinski definition) is 2. The van der Waals surface area contributed by atoms with Crippen LogP contribution < -0.4 is 0 Å². The Morgan fingerprint density at radius 1 is 1.20 bits per heavy atom. The second-order valence-corrected chi connectivity index (χ2v) is 4.25. The molecule has 0 saturated heterocycles. The average Bonchev–Trinajstić information content (AvgIpc) is 2.77. The van der Waals surface area contributed by atoms with E-state index in [0.717, 1.165) is 5.56 Å². The van der Waals surface area contributed by atoms with Crippen LogP contribution in [0, 0.1) is 6.07 Å². The highest BCUT2D eigenvalue weighted by Crippen LogP contribution is 2.26. The van der Waals surface area contributed by atoms with Gasteiger partial charge in [-0.25, -0.2) is 0 Å². The molecule has 0 aliphatic rings. The van der Waals surface area contributed by atoms with Crippen LogP contribution in [-0.4, -0.2) is 4.98 Å². The van der Waals surface area contributed by atoms with Gasteiger partial charge in [0.2, 0.25) is 0 Å². The molecule has 71 valence electrons. The van der Waals surface area contributed by atoms with Crippen LogP contribution in [0.4, 0.5) is 0 Å². The van der Waals surface area contributed by atoms with Crippen LogP contribution in [0.1, 0.15) is 0 Å². The summed E-state index contributed by atoms with van der Waals surface area (Å²) in [5.41, 5.74) is 2.32. The molecule has 0 saturated carbocycles. The fourth-order valence-corrected chi connectivity index (χ4v) is 2.34. The van der Waals surface area contributed by atoms with Gasteiger partial charge in [0.25, 0.3) is 0 Å². The average molecular weight is 210 g/mol. The van der Waals surface area contributed by atoms with E-state index in [-0.39, 0.29) is 0 Å². The van der Waals surface area contributed by atoms with Crippen LogP contribution in [0.2, 0.25) is 0 Å². The van der Waals surface area contributed by atoms with Gasteiger partial charge < -0.3 is 0 Å². The first-order valence-electron chi connectivity index (χ1n) is 4.73. The number of aromatic nitrogens is 1. The lowest BCUT2D eigenvalue weighted by Gasteiger charge is -1.99. The van der Waals surface area contributed by atoms with Gasteiger partial charge >= 0.3 is 0 Å². The van der Waals surface area contributed by atoms with Crippen molar-refractivity contribution in [2.24, 2.45) is 0 Å². The van der Waals surface area contributed by atoms with E-state index in [4.69, 9.17) is 0 Å². The summed E-state index contributed by atoms with van der Waals surface area (Å²) in [6, 6.07) is 13.6. The molecular weight excluding hydrogens is 202 g/mol. The Labute approximate surface area is 92.0 Å². The maximum Gasteiger partial charge on any atom is 0.0422 e. The first kappa shape index (κ1) is 8.62. The zero-order valence-corrected chi connectivity index (χ0v) is 8.79. The largest absolute Gasteiger partial charge is 0.264 e. The number of pyridine rings is 1. The van der Waals surface area contributed by atoms with Crippen molar-refractivity contribution in [3.05, 3.63) is 54.2 Å². The molecule has 0 unspecified atom stereocenters. The van der Waals surface area contributed by atoms with Gasteiger partial charge in [0.15, 0.2) is 0 Å². The lowest BCUT2D eigenvalue weighted by Crippen LogP contribution is -1.78. The SMILES string of the molecule is [c]1cc(-c2cccnc2)cc2ccsc12. The maximum atomic E-state index is 4.12. The molecule has 3 aromatic rings. The smallest absolute Gasteiger partial charge is 0.0422 e. The van der Waals surface area contributed by atoms with Crippen molar-refractivity contribution in [2.45, 2.75) is 0 Å². The summed E-state index contributed by atoms with van der Waals surface area (Å²) >= 11 is 1.72. The highest BCUT2D eigenvalue weighted by atomic mass is 32.1. The van der Waals surface area contributed by atoms with Gasteiger partial charge in [0.05, 0.1) is 0 Å². The molecule has 0 fully saturated rings. The number of nitrogens with zero attached hydrogens (tertiary/aromatic N) is 1. The van der Waals surface area contributed by atoms with Crippen molar-refractivity contribution in [3.63, 3.8) is 0 Å². The summed E-state index contributed by atoms with van der Waals surface area (Å²) in [5, 5.41) is 3.34. The molecule has 0 aliphatic heterocycles. The number of benzene rings is 1. The minimum absolute atomic E-state index is 1.14. The fourth-order valence-electron chi connectivity index (χ4n) is 1.60. The van der Waals surface area contributed by atoms with Gasteiger partial charge in [-0.2, -0.15) is 0 Å². The molecule has 1 nitrogen and oxygen atoms in total. The number of thiophene rings is 1. The van der Waals surface area contributed by atoms with Gasteiger partial charge in [0.1, 0.15) is 0 Å². The number of hydrogen-bond donors (Lipinski definition) is 0. The Morgan fingerprint density at radius 2 is 2.20 bits per heavy atom. The second kappa shape index (κ2) is 3.48. The van der Waals surface area contributed by atoms with Crippen molar-refractivity contribution in [2.75, 3.05) is 0 Å². The van der Waals surface area contributed by atoms with Crippen LogP contribution in [-0.2, 0) is 0 Å². The highest BCUT2D eigenvalue weighted by Gasteiger charge is 2.00. The molecule has 3 rings (SSSR count). The summed E-state index contributed by atoms with van der Waals surface area (Å²) < 4.78 is 1.21. The Kier molecular flexibility index (Phi) is 2.00. The molecule has 2 heteroatoms. The van der Waals surface area contributed by atoms with Crippen molar-refractivity contribution >= 4 is 21.4 Å². The predicted molar refractivity (Wildman–Crippen MR) is 63.9 cm³/mol. The van der Waals surface area contributed by atoms with Crippen molar-refractivity contribution in [3.8, 4) is 11.1 Å². The molecule has 0 atom stereocenters. The molecule has 0 aliphatic carbocycles. The lowest BCUT2D eigenvalue weighted by atomic mass is 10.1. The summed E-state index contributed by atoms with van der Waals surface area (Å²) in [6.45, 7) is 0. The van der Waals surface area contributed by atoms with Crippen LogP contribution in [0.5, 0.6) is 0 Å². The monoisotopic (exact) mass is 210 g/mol. The topological polar surface area (TPSA) is 12.9 Å². The lowest BCUT2D eigenvalue weighted by molar-refractivity contribution is 1.33. The molecule has 1 aromatic carbocycles. The van der Waals surface area contributed by atoms with Gasteiger partial charge in [0, 0.05) is 28.7 Å². The first-order chi connectivity index (χ1) is 7.43. The maximum absolute atomic E-state index is 4.12. The van der Waals surface area contributed by atoms with E-state index in [2.05, 4.69) is 34.6 Å². The Hall–Kier alpha value is -1.67. The minimum Gasteiger partial charge on any atom is -0.264 e. The number of rotatable bonds is 1. The molecule has 2 aromatic heterocycles. The van der Waals surface area contributed by atoms with Crippen molar-refractivity contribution in [1.29, 1.82) is 0 Å². The van der Waals surface area contributed by atoms with Gasteiger partial charge in [-0.1, -0.05) is 6.07 Å². The third kappa shape index (κ3) is 1.53. The van der Waals surface area contributed by atoms with Crippen LogP contribution in [0.3, 0.4) is 0 Å². The molecule has 15 heavy (non-hydrogen) atoms. The molecule has 2 heterocycles. The Bertz CT molecular complexity index is 584. The van der Waals surface area contributed by atoms with E-state index in [0.29, 0.717) is 0 Å². The highest BCUT2D eigenvalue weighted by molar-refractivity contribution is 7.17. The standard InChI is InChI=1S/C13H8NS/c1-2-12(9-14-6-1)10-3-4-13-11(8-10)5-7-15-13/h1-3,5-9H. The van der Waals surface area contributed by atoms with Crippen LogP contribution >= 0.6 is 11.3 Å². The fraction of sp³-hybridized carbons (Fsp3) is 0. The zero-order chi connectivity index (χ0) is 10.1. The van der Waals surface area contributed by atoms with Crippen molar-refractivity contribution < 1.29 is 0 Å². The van der Waals surface area contributed by atoms with Crippen molar-refractivity contribution in [1.82, 2.24) is 4.98 Å². The van der Waals surface area contributed by atoms with E-state index in [1.165, 1.54) is 15.6 Å². The van der Waals surface area contributed by atoms with Gasteiger partial charge in [-0.3, -0.25) is 4.98 Å². The van der Waals surface area contributed by atoms with Crippen LogP contribution in [0.25, 0.3) is 21.2 Å². The number of fused-ring (bicyclic) bond motifs is 1. The molecule has 0 bridgehead atoms. The Morgan fingerprint density at radius 3 is 3.07 bits per heavy atom. The third-order valence-electron chi connectivity index (χ3n) is 2.36. The quantitative estimate of drug-likeness (QED) is 0.596. The molecule has 0 N–H and O–H groups in total. The van der Waals surface area contributed by atoms with Gasteiger partial charge in [-0.05, 0) is 40.6 Å². The van der Waals surface area contributed by atoms with E-state index < -0.39 is 0 Å². The zero-order valence-electron chi connectivity index (χ0n) is 7.97.